The van der Waals surface area contributed by atoms with Crippen molar-refractivity contribution in [3.8, 4) is 0 Å². The molecule has 74 valence electrons. The number of fused-ring (bicyclic) bond motifs is 1. The molecule has 1 nitrogen and oxygen atoms in total. The molecule has 0 aliphatic rings. The summed E-state index contributed by atoms with van der Waals surface area (Å²) < 4.78 is 2.60. The fourth-order valence-electron chi connectivity index (χ4n) is 1.63. The van der Waals surface area contributed by atoms with Crippen molar-refractivity contribution >= 4 is 44.0 Å². The zero-order valence-electron chi connectivity index (χ0n) is 7.88. The summed E-state index contributed by atoms with van der Waals surface area (Å²) in [4.78, 5) is 1.05. The Labute approximate surface area is 101 Å². The van der Waals surface area contributed by atoms with Crippen LogP contribution in [0.5, 0.6) is 0 Å². The number of halogens is 1. The van der Waals surface area contributed by atoms with Gasteiger partial charge in [-0.05, 0) is 58.2 Å². The van der Waals surface area contributed by atoms with E-state index in [9.17, 15) is 0 Å². The van der Waals surface area contributed by atoms with Crippen molar-refractivity contribution in [2.75, 3.05) is 0 Å². The van der Waals surface area contributed by atoms with Gasteiger partial charge in [0, 0.05) is 13.1 Å². The molecule has 2 rings (SSSR count). The first-order chi connectivity index (χ1) is 6.76. The van der Waals surface area contributed by atoms with Gasteiger partial charge < -0.3 is 5.11 Å². The molecule has 1 aromatic heterocycles. The summed E-state index contributed by atoms with van der Waals surface area (Å²) in [5.41, 5.74) is 1.40. The zero-order valence-corrected chi connectivity index (χ0v) is 10.9. The lowest BCUT2D eigenvalue weighted by Crippen LogP contribution is -1.85. The SMILES string of the molecule is CCc1c(I)ccc2sc(CO)cc12. The maximum Gasteiger partial charge on any atom is 0.0774 e. The van der Waals surface area contributed by atoms with Crippen LogP contribution in [-0.4, -0.2) is 5.11 Å². The minimum absolute atomic E-state index is 0.152. The summed E-state index contributed by atoms with van der Waals surface area (Å²) in [6.45, 7) is 2.33. The zero-order chi connectivity index (χ0) is 10.1. The van der Waals surface area contributed by atoms with E-state index in [0.717, 1.165) is 11.3 Å². The van der Waals surface area contributed by atoms with Gasteiger partial charge in [-0.25, -0.2) is 0 Å². The predicted molar refractivity (Wildman–Crippen MR) is 69.8 cm³/mol. The molecule has 0 bridgehead atoms. The van der Waals surface area contributed by atoms with E-state index in [0.29, 0.717) is 0 Å². The maximum absolute atomic E-state index is 9.08. The van der Waals surface area contributed by atoms with Crippen LogP contribution in [0.4, 0.5) is 0 Å². The summed E-state index contributed by atoms with van der Waals surface area (Å²) >= 11 is 4.05. The number of hydrogen-bond acceptors (Lipinski definition) is 2. The van der Waals surface area contributed by atoms with E-state index in [1.54, 1.807) is 11.3 Å². The van der Waals surface area contributed by atoms with Gasteiger partial charge in [0.1, 0.15) is 0 Å². The summed E-state index contributed by atoms with van der Waals surface area (Å²) in [6.07, 6.45) is 1.05. The summed E-state index contributed by atoms with van der Waals surface area (Å²) in [7, 11) is 0. The van der Waals surface area contributed by atoms with Crippen LogP contribution in [0.25, 0.3) is 10.1 Å². The second-order valence-electron chi connectivity index (χ2n) is 3.16. The molecule has 0 saturated heterocycles. The smallest absolute Gasteiger partial charge is 0.0774 e. The molecule has 3 heteroatoms. The lowest BCUT2D eigenvalue weighted by Gasteiger charge is -2.01. The molecule has 0 spiro atoms. The number of aliphatic hydroxyl groups excluding tert-OH is 1. The number of thiophene rings is 1. The highest BCUT2D eigenvalue weighted by atomic mass is 127. The second kappa shape index (κ2) is 4.16. The Balaban J connectivity index is 2.73. The summed E-state index contributed by atoms with van der Waals surface area (Å²) in [6, 6.07) is 6.40. The average molecular weight is 318 g/mol. The van der Waals surface area contributed by atoms with E-state index < -0.39 is 0 Å². The highest BCUT2D eigenvalue weighted by Crippen LogP contribution is 2.31. The lowest BCUT2D eigenvalue weighted by molar-refractivity contribution is 0.285. The molecular formula is C11H11IOS. The largest absolute Gasteiger partial charge is 0.391 e. The van der Waals surface area contributed by atoms with Crippen molar-refractivity contribution in [1.29, 1.82) is 0 Å². The quantitative estimate of drug-likeness (QED) is 0.840. The van der Waals surface area contributed by atoms with Crippen molar-refractivity contribution in [3.05, 3.63) is 32.2 Å². The van der Waals surface area contributed by atoms with E-state index in [1.165, 1.54) is 19.2 Å². The van der Waals surface area contributed by atoms with Crippen LogP contribution in [0.15, 0.2) is 18.2 Å². The van der Waals surface area contributed by atoms with Crippen LogP contribution in [0.1, 0.15) is 17.4 Å². The Bertz CT molecular complexity index is 462. The lowest BCUT2D eigenvalue weighted by atomic mass is 10.1. The van der Waals surface area contributed by atoms with Gasteiger partial charge in [-0.2, -0.15) is 0 Å². The van der Waals surface area contributed by atoms with Crippen molar-refractivity contribution < 1.29 is 5.11 Å². The van der Waals surface area contributed by atoms with Gasteiger partial charge in [-0.3, -0.25) is 0 Å². The molecule has 0 aliphatic carbocycles. The Morgan fingerprint density at radius 2 is 2.21 bits per heavy atom. The second-order valence-corrected chi connectivity index (χ2v) is 5.49. The highest BCUT2D eigenvalue weighted by Gasteiger charge is 2.07. The van der Waals surface area contributed by atoms with Crippen LogP contribution in [0.2, 0.25) is 0 Å². The molecule has 1 N–H and O–H groups in total. The fraction of sp³-hybridized carbons (Fsp3) is 0.273. The van der Waals surface area contributed by atoms with Gasteiger partial charge in [-0.15, -0.1) is 11.3 Å². The van der Waals surface area contributed by atoms with Gasteiger partial charge in [0.15, 0.2) is 0 Å². The van der Waals surface area contributed by atoms with Crippen LogP contribution in [0, 0.1) is 3.57 Å². The average Bonchev–Trinajstić information content (AvgIpc) is 2.60. The van der Waals surface area contributed by atoms with Crippen molar-refractivity contribution in [1.82, 2.24) is 0 Å². The molecule has 1 heterocycles. The Morgan fingerprint density at radius 1 is 1.43 bits per heavy atom. The maximum atomic E-state index is 9.08. The van der Waals surface area contributed by atoms with Crippen molar-refractivity contribution in [3.63, 3.8) is 0 Å². The van der Waals surface area contributed by atoms with Gasteiger partial charge in [0.05, 0.1) is 6.61 Å². The van der Waals surface area contributed by atoms with E-state index in [-0.39, 0.29) is 6.61 Å². The standard InChI is InChI=1S/C11H11IOS/c1-2-8-9-5-7(6-13)14-11(9)4-3-10(8)12/h3-5,13H,2,6H2,1H3. The first kappa shape index (κ1) is 10.4. The number of rotatable bonds is 2. The monoisotopic (exact) mass is 318 g/mol. The Hall–Kier alpha value is -0.130. The molecule has 0 amide bonds. The molecule has 0 unspecified atom stereocenters. The molecule has 0 saturated carbocycles. The van der Waals surface area contributed by atoms with E-state index in [4.69, 9.17) is 5.11 Å². The minimum atomic E-state index is 0.152. The molecule has 0 aliphatic heterocycles. The molecule has 0 atom stereocenters. The molecular weight excluding hydrogens is 307 g/mol. The number of hydrogen-bond donors (Lipinski definition) is 1. The van der Waals surface area contributed by atoms with E-state index in [2.05, 4.69) is 47.7 Å². The number of aryl methyl sites for hydroxylation is 1. The van der Waals surface area contributed by atoms with Crippen LogP contribution >= 0.6 is 33.9 Å². The topological polar surface area (TPSA) is 20.2 Å². The summed E-state index contributed by atoms with van der Waals surface area (Å²) in [5, 5.41) is 10.4. The normalized spacial score (nSPS) is 11.1. The number of aliphatic hydroxyl groups is 1. The third kappa shape index (κ3) is 1.68. The predicted octanol–water partition coefficient (Wildman–Crippen LogP) is 3.56. The van der Waals surface area contributed by atoms with Crippen molar-refractivity contribution in [2.24, 2.45) is 0 Å². The Morgan fingerprint density at radius 3 is 2.86 bits per heavy atom. The van der Waals surface area contributed by atoms with Crippen LogP contribution in [-0.2, 0) is 13.0 Å². The third-order valence-corrected chi connectivity index (χ3v) is 4.41. The molecule has 0 radical (unpaired) electrons. The molecule has 0 fully saturated rings. The summed E-state index contributed by atoms with van der Waals surface area (Å²) in [5.74, 6) is 0. The van der Waals surface area contributed by atoms with Gasteiger partial charge in [0.25, 0.3) is 0 Å². The van der Waals surface area contributed by atoms with Gasteiger partial charge >= 0.3 is 0 Å². The first-order valence-electron chi connectivity index (χ1n) is 4.57. The minimum Gasteiger partial charge on any atom is -0.391 e. The van der Waals surface area contributed by atoms with E-state index in [1.807, 2.05) is 0 Å². The van der Waals surface area contributed by atoms with Gasteiger partial charge in [-0.1, -0.05) is 6.92 Å². The third-order valence-electron chi connectivity index (χ3n) is 2.32. The molecule has 1 aromatic carbocycles. The van der Waals surface area contributed by atoms with Crippen LogP contribution < -0.4 is 0 Å². The molecule has 2 aromatic rings. The molecule has 14 heavy (non-hydrogen) atoms. The van der Waals surface area contributed by atoms with Crippen molar-refractivity contribution in [2.45, 2.75) is 20.0 Å². The van der Waals surface area contributed by atoms with E-state index >= 15 is 0 Å². The first-order valence-corrected chi connectivity index (χ1v) is 6.46. The fourth-order valence-corrected chi connectivity index (χ4v) is 3.44. The highest BCUT2D eigenvalue weighted by molar-refractivity contribution is 14.1. The number of benzene rings is 1. The Kier molecular flexibility index (Phi) is 3.09. The van der Waals surface area contributed by atoms with Gasteiger partial charge in [0.2, 0.25) is 0 Å². The van der Waals surface area contributed by atoms with Crippen LogP contribution in [0.3, 0.4) is 0 Å².